The molecule has 0 radical (unpaired) electrons. The third kappa shape index (κ3) is 3.30. The van der Waals surface area contributed by atoms with Crippen LogP contribution in [0.1, 0.15) is 20.3 Å². The van der Waals surface area contributed by atoms with Gasteiger partial charge in [0.05, 0.1) is 23.5 Å². The molecule has 0 fully saturated rings. The SMILES string of the molecule is CC(C)(CC(=O)Nc1cncnc1)C(=O)O. The highest BCUT2D eigenvalue weighted by atomic mass is 16.4. The van der Waals surface area contributed by atoms with Crippen molar-refractivity contribution in [1.82, 2.24) is 9.97 Å². The minimum Gasteiger partial charge on any atom is -0.481 e. The Kier molecular flexibility index (Phi) is 3.55. The van der Waals surface area contributed by atoms with Crippen LogP contribution in [-0.4, -0.2) is 27.0 Å². The van der Waals surface area contributed by atoms with E-state index in [1.54, 1.807) is 0 Å². The van der Waals surface area contributed by atoms with Crippen molar-refractivity contribution >= 4 is 17.6 Å². The summed E-state index contributed by atoms with van der Waals surface area (Å²) in [6.45, 7) is 2.99. The van der Waals surface area contributed by atoms with Crippen molar-refractivity contribution in [2.24, 2.45) is 5.41 Å². The Morgan fingerprint density at radius 3 is 2.44 bits per heavy atom. The summed E-state index contributed by atoms with van der Waals surface area (Å²) >= 11 is 0. The molecule has 1 aromatic heterocycles. The van der Waals surface area contributed by atoms with Crippen LogP contribution in [-0.2, 0) is 9.59 Å². The standard InChI is InChI=1S/C10H13N3O3/c1-10(2,9(15)16)3-8(14)13-7-4-11-6-12-5-7/h4-6H,3H2,1-2H3,(H,13,14)(H,15,16). The molecule has 86 valence electrons. The first-order valence-corrected chi connectivity index (χ1v) is 4.70. The molecule has 0 saturated heterocycles. The monoisotopic (exact) mass is 223 g/mol. The number of carbonyl (C=O) groups excluding carboxylic acids is 1. The molecule has 2 N–H and O–H groups in total. The van der Waals surface area contributed by atoms with Gasteiger partial charge >= 0.3 is 5.97 Å². The van der Waals surface area contributed by atoms with E-state index in [0.717, 1.165) is 0 Å². The van der Waals surface area contributed by atoms with Gasteiger partial charge in [0.2, 0.25) is 5.91 Å². The van der Waals surface area contributed by atoms with Gasteiger partial charge in [-0.1, -0.05) is 0 Å². The zero-order valence-electron chi connectivity index (χ0n) is 9.10. The quantitative estimate of drug-likeness (QED) is 0.791. The number of carbonyl (C=O) groups is 2. The second-order valence-electron chi connectivity index (χ2n) is 4.04. The van der Waals surface area contributed by atoms with Crippen LogP contribution in [0.25, 0.3) is 0 Å². The smallest absolute Gasteiger partial charge is 0.309 e. The molecule has 0 saturated carbocycles. The zero-order valence-corrected chi connectivity index (χ0v) is 9.10. The number of carboxylic acids is 1. The van der Waals surface area contributed by atoms with Gasteiger partial charge in [0.15, 0.2) is 0 Å². The van der Waals surface area contributed by atoms with Crippen LogP contribution in [0.4, 0.5) is 5.69 Å². The minimum atomic E-state index is -1.08. The first kappa shape index (κ1) is 12.1. The molecule has 0 spiro atoms. The molecule has 1 heterocycles. The molecule has 1 amide bonds. The van der Waals surface area contributed by atoms with Gasteiger partial charge in [-0.15, -0.1) is 0 Å². The number of hydrogen-bond acceptors (Lipinski definition) is 4. The average Bonchev–Trinajstić information content (AvgIpc) is 2.17. The normalized spacial score (nSPS) is 10.9. The molecule has 0 aliphatic carbocycles. The van der Waals surface area contributed by atoms with Gasteiger partial charge in [-0.05, 0) is 13.8 Å². The molecule has 0 atom stereocenters. The molecule has 0 aliphatic rings. The van der Waals surface area contributed by atoms with E-state index >= 15 is 0 Å². The van der Waals surface area contributed by atoms with Crippen molar-refractivity contribution in [2.75, 3.05) is 5.32 Å². The number of anilines is 1. The second-order valence-corrected chi connectivity index (χ2v) is 4.04. The third-order valence-corrected chi connectivity index (χ3v) is 2.03. The van der Waals surface area contributed by atoms with Gasteiger partial charge in [0.25, 0.3) is 0 Å². The Morgan fingerprint density at radius 2 is 1.94 bits per heavy atom. The lowest BCUT2D eigenvalue weighted by molar-refractivity contribution is -0.148. The Hall–Kier alpha value is -1.98. The Labute approximate surface area is 92.7 Å². The van der Waals surface area contributed by atoms with Crippen molar-refractivity contribution in [1.29, 1.82) is 0 Å². The molecule has 0 aromatic carbocycles. The van der Waals surface area contributed by atoms with E-state index in [1.165, 1.54) is 32.6 Å². The fourth-order valence-corrected chi connectivity index (χ4v) is 1.05. The summed E-state index contributed by atoms with van der Waals surface area (Å²) in [7, 11) is 0. The van der Waals surface area contributed by atoms with Gasteiger partial charge in [-0.3, -0.25) is 9.59 Å². The van der Waals surface area contributed by atoms with Crippen LogP contribution in [0.15, 0.2) is 18.7 Å². The molecule has 0 unspecified atom stereocenters. The van der Waals surface area contributed by atoms with Crippen LogP contribution in [0, 0.1) is 5.41 Å². The molecule has 1 rings (SSSR count). The highest BCUT2D eigenvalue weighted by Crippen LogP contribution is 2.21. The highest BCUT2D eigenvalue weighted by Gasteiger charge is 2.30. The van der Waals surface area contributed by atoms with Crippen molar-refractivity contribution in [2.45, 2.75) is 20.3 Å². The second kappa shape index (κ2) is 4.69. The van der Waals surface area contributed by atoms with E-state index in [0.29, 0.717) is 5.69 Å². The fourth-order valence-electron chi connectivity index (χ4n) is 1.05. The molecular formula is C10H13N3O3. The number of rotatable bonds is 4. The molecule has 6 heteroatoms. The van der Waals surface area contributed by atoms with Crippen LogP contribution in [0.3, 0.4) is 0 Å². The predicted octanol–water partition coefficient (Wildman–Crippen LogP) is 0.916. The van der Waals surface area contributed by atoms with Gasteiger partial charge in [0, 0.05) is 6.42 Å². The first-order chi connectivity index (χ1) is 7.42. The summed E-state index contributed by atoms with van der Waals surface area (Å²) in [5.41, 5.74) is -0.631. The lowest BCUT2D eigenvalue weighted by Gasteiger charge is -2.17. The number of amides is 1. The Morgan fingerprint density at radius 1 is 1.38 bits per heavy atom. The lowest BCUT2D eigenvalue weighted by atomic mass is 9.89. The summed E-state index contributed by atoms with van der Waals surface area (Å²) < 4.78 is 0. The van der Waals surface area contributed by atoms with E-state index in [1.807, 2.05) is 0 Å². The average molecular weight is 223 g/mol. The van der Waals surface area contributed by atoms with E-state index < -0.39 is 11.4 Å². The molecule has 0 bridgehead atoms. The highest BCUT2D eigenvalue weighted by molar-refractivity contribution is 5.93. The van der Waals surface area contributed by atoms with Crippen molar-refractivity contribution in [3.63, 3.8) is 0 Å². The zero-order chi connectivity index (χ0) is 12.2. The molecule has 1 aromatic rings. The molecule has 0 aliphatic heterocycles. The van der Waals surface area contributed by atoms with E-state index in [2.05, 4.69) is 15.3 Å². The van der Waals surface area contributed by atoms with Gasteiger partial charge in [-0.25, -0.2) is 9.97 Å². The maximum Gasteiger partial charge on any atom is 0.309 e. The molecule has 6 nitrogen and oxygen atoms in total. The lowest BCUT2D eigenvalue weighted by Crippen LogP contribution is -2.29. The van der Waals surface area contributed by atoms with Gasteiger partial charge in [-0.2, -0.15) is 0 Å². The number of hydrogen-bond donors (Lipinski definition) is 2. The summed E-state index contributed by atoms with van der Waals surface area (Å²) in [4.78, 5) is 29.8. The van der Waals surface area contributed by atoms with Gasteiger partial charge < -0.3 is 10.4 Å². The summed E-state index contributed by atoms with van der Waals surface area (Å²) in [6.07, 6.45) is 4.13. The van der Waals surface area contributed by atoms with E-state index in [4.69, 9.17) is 5.11 Å². The maximum atomic E-state index is 11.5. The first-order valence-electron chi connectivity index (χ1n) is 4.70. The molecule has 16 heavy (non-hydrogen) atoms. The van der Waals surface area contributed by atoms with Gasteiger partial charge in [0.1, 0.15) is 6.33 Å². The van der Waals surface area contributed by atoms with Crippen LogP contribution in [0.2, 0.25) is 0 Å². The van der Waals surface area contributed by atoms with E-state index in [9.17, 15) is 9.59 Å². The van der Waals surface area contributed by atoms with Crippen molar-refractivity contribution < 1.29 is 14.7 Å². The minimum absolute atomic E-state index is 0.1000. The third-order valence-electron chi connectivity index (χ3n) is 2.03. The van der Waals surface area contributed by atoms with Crippen molar-refractivity contribution in [3.05, 3.63) is 18.7 Å². The summed E-state index contributed by atoms with van der Waals surface area (Å²) in [6, 6.07) is 0. The number of nitrogens with zero attached hydrogens (tertiary/aromatic N) is 2. The summed E-state index contributed by atoms with van der Waals surface area (Å²) in [5, 5.41) is 11.4. The predicted molar refractivity (Wildman–Crippen MR) is 56.7 cm³/mol. The largest absolute Gasteiger partial charge is 0.481 e. The Balaban J connectivity index is 2.58. The topological polar surface area (TPSA) is 92.2 Å². The summed E-state index contributed by atoms with van der Waals surface area (Å²) in [5.74, 6) is -1.38. The molecular weight excluding hydrogens is 210 g/mol. The van der Waals surface area contributed by atoms with Crippen molar-refractivity contribution in [3.8, 4) is 0 Å². The Bertz CT molecular complexity index is 390. The number of aromatic nitrogens is 2. The maximum absolute atomic E-state index is 11.5. The van der Waals surface area contributed by atoms with E-state index in [-0.39, 0.29) is 12.3 Å². The van der Waals surface area contributed by atoms with Crippen LogP contribution in [0.5, 0.6) is 0 Å². The number of aliphatic carboxylic acids is 1. The number of carboxylic acid groups (broad SMARTS) is 1. The van der Waals surface area contributed by atoms with Crippen LogP contribution < -0.4 is 5.32 Å². The number of nitrogens with one attached hydrogen (secondary N) is 1. The van der Waals surface area contributed by atoms with Crippen LogP contribution >= 0.6 is 0 Å². The fraction of sp³-hybridized carbons (Fsp3) is 0.400.